The Balaban J connectivity index is 1.89. The van der Waals surface area contributed by atoms with E-state index in [4.69, 9.17) is 0 Å². The number of aryl methyl sites for hydroxylation is 2. The van der Waals surface area contributed by atoms with Crippen LogP contribution < -0.4 is 5.32 Å². The maximum atomic E-state index is 13.3. The first kappa shape index (κ1) is 20.2. The van der Waals surface area contributed by atoms with Gasteiger partial charge >= 0.3 is 0 Å². The zero-order chi connectivity index (χ0) is 20.3. The van der Waals surface area contributed by atoms with Crippen molar-refractivity contribution in [2.24, 2.45) is 0 Å². The van der Waals surface area contributed by atoms with Gasteiger partial charge in [-0.25, -0.2) is 13.4 Å². The van der Waals surface area contributed by atoms with Gasteiger partial charge in [-0.1, -0.05) is 42.5 Å². The lowest BCUT2D eigenvalue weighted by Crippen LogP contribution is -2.38. The quantitative estimate of drug-likeness (QED) is 0.597. The summed E-state index contributed by atoms with van der Waals surface area (Å²) in [6, 6.07) is 12.4. The van der Waals surface area contributed by atoms with Gasteiger partial charge in [0.05, 0.1) is 17.1 Å². The molecule has 0 aliphatic carbocycles. The van der Waals surface area contributed by atoms with Gasteiger partial charge in [0.2, 0.25) is 15.9 Å². The van der Waals surface area contributed by atoms with E-state index in [-0.39, 0.29) is 18.0 Å². The van der Waals surface area contributed by atoms with E-state index in [9.17, 15) is 13.2 Å². The molecule has 1 N–H and O–H groups in total. The van der Waals surface area contributed by atoms with Gasteiger partial charge in [0, 0.05) is 16.8 Å². The van der Waals surface area contributed by atoms with Crippen LogP contribution in [0.1, 0.15) is 10.6 Å². The zero-order valence-corrected chi connectivity index (χ0v) is 17.3. The minimum Gasteiger partial charge on any atom is -0.301 e. The number of anilines is 1. The molecule has 0 saturated heterocycles. The summed E-state index contributed by atoms with van der Waals surface area (Å²) in [5, 5.41) is 4.58. The number of nitrogens with one attached hydrogen (secondary N) is 1. The fourth-order valence-electron chi connectivity index (χ4n) is 2.80. The van der Waals surface area contributed by atoms with Crippen LogP contribution in [0.5, 0.6) is 0 Å². The number of amides is 1. The number of thiazole rings is 1. The normalized spacial score (nSPS) is 11.7. The minimum atomic E-state index is -3.90. The molecule has 1 aromatic heterocycles. The summed E-state index contributed by atoms with van der Waals surface area (Å²) in [5.41, 5.74) is 0.839. The second kappa shape index (κ2) is 8.22. The zero-order valence-electron chi connectivity index (χ0n) is 15.7. The lowest BCUT2D eigenvalue weighted by Gasteiger charge is -2.21. The number of fused-ring (bicyclic) bond motifs is 1. The summed E-state index contributed by atoms with van der Waals surface area (Å²) in [6.07, 6.45) is 1.47. The highest BCUT2D eigenvalue weighted by atomic mass is 32.2. The first-order valence-corrected chi connectivity index (χ1v) is 10.9. The molecule has 0 aliphatic heterocycles. The molecule has 0 saturated carbocycles. The number of hydrogen-bond donors (Lipinski definition) is 1. The Morgan fingerprint density at radius 3 is 2.61 bits per heavy atom. The van der Waals surface area contributed by atoms with Crippen molar-refractivity contribution in [1.82, 2.24) is 9.29 Å². The Bertz CT molecular complexity index is 1110. The van der Waals surface area contributed by atoms with Crippen LogP contribution in [0.2, 0.25) is 0 Å². The molecule has 2 aromatic carbocycles. The molecular formula is C20H21N3O3S2. The molecule has 0 bridgehead atoms. The molecular weight excluding hydrogens is 394 g/mol. The number of hydrogen-bond acceptors (Lipinski definition) is 5. The highest BCUT2D eigenvalue weighted by Gasteiger charge is 2.27. The molecule has 1 heterocycles. The molecule has 8 heteroatoms. The summed E-state index contributed by atoms with van der Waals surface area (Å²) < 4.78 is 27.7. The second-order valence-corrected chi connectivity index (χ2v) is 9.38. The van der Waals surface area contributed by atoms with Gasteiger partial charge in [0.15, 0.2) is 5.13 Å². The van der Waals surface area contributed by atoms with Crippen LogP contribution in [0.3, 0.4) is 0 Å². The molecule has 0 radical (unpaired) electrons. The average molecular weight is 416 g/mol. The van der Waals surface area contributed by atoms with Crippen molar-refractivity contribution in [3.8, 4) is 0 Å². The first-order valence-electron chi connectivity index (χ1n) is 8.65. The standard InChI is InChI=1S/C20H21N3O3S2/c1-4-12-23(13-19(24)22-20-21-14(2)15(3)27-20)28(25,26)18-11-7-9-16-8-5-6-10-17(16)18/h4-11H,1,12-13H2,2-3H3,(H,21,22,24). The summed E-state index contributed by atoms with van der Waals surface area (Å²) >= 11 is 1.36. The van der Waals surface area contributed by atoms with Gasteiger partial charge < -0.3 is 5.32 Å². The monoisotopic (exact) mass is 415 g/mol. The molecule has 6 nitrogen and oxygen atoms in total. The first-order chi connectivity index (χ1) is 13.3. The Morgan fingerprint density at radius 1 is 1.21 bits per heavy atom. The van der Waals surface area contributed by atoms with E-state index in [1.54, 1.807) is 24.3 Å². The van der Waals surface area contributed by atoms with E-state index in [0.717, 1.165) is 20.3 Å². The molecule has 0 fully saturated rings. The lowest BCUT2D eigenvalue weighted by atomic mass is 10.1. The third-order valence-corrected chi connectivity index (χ3v) is 7.15. The molecule has 28 heavy (non-hydrogen) atoms. The van der Waals surface area contributed by atoms with Gasteiger partial charge in [0.25, 0.3) is 0 Å². The molecule has 0 atom stereocenters. The van der Waals surface area contributed by atoms with Crippen LogP contribution in [0.25, 0.3) is 10.8 Å². The van der Waals surface area contributed by atoms with Gasteiger partial charge in [0.1, 0.15) is 0 Å². The van der Waals surface area contributed by atoms with E-state index in [1.165, 1.54) is 17.4 Å². The minimum absolute atomic E-state index is 0.0227. The van der Waals surface area contributed by atoms with Crippen LogP contribution >= 0.6 is 11.3 Å². The van der Waals surface area contributed by atoms with E-state index in [1.807, 2.05) is 32.0 Å². The summed E-state index contributed by atoms with van der Waals surface area (Å²) in [7, 11) is -3.90. The maximum absolute atomic E-state index is 13.3. The third kappa shape index (κ3) is 4.14. The lowest BCUT2D eigenvalue weighted by molar-refractivity contribution is -0.116. The fraction of sp³-hybridized carbons (Fsp3) is 0.200. The van der Waals surface area contributed by atoms with Crippen molar-refractivity contribution < 1.29 is 13.2 Å². The summed E-state index contributed by atoms with van der Waals surface area (Å²) in [5.74, 6) is -0.445. The number of carbonyl (C=O) groups excluding carboxylic acids is 1. The predicted molar refractivity (Wildman–Crippen MR) is 113 cm³/mol. The van der Waals surface area contributed by atoms with Crippen molar-refractivity contribution in [3.63, 3.8) is 0 Å². The number of rotatable bonds is 7. The number of aromatic nitrogens is 1. The number of benzene rings is 2. The van der Waals surface area contributed by atoms with E-state index in [2.05, 4.69) is 16.9 Å². The SMILES string of the molecule is C=CCN(CC(=O)Nc1nc(C)c(C)s1)S(=O)(=O)c1cccc2ccccc12. The van der Waals surface area contributed by atoms with Gasteiger partial charge in [-0.3, -0.25) is 4.79 Å². The van der Waals surface area contributed by atoms with E-state index in [0.29, 0.717) is 10.5 Å². The molecule has 3 rings (SSSR count). The van der Waals surface area contributed by atoms with Crippen molar-refractivity contribution in [2.75, 3.05) is 18.4 Å². The molecule has 3 aromatic rings. The molecule has 0 spiro atoms. The van der Waals surface area contributed by atoms with E-state index >= 15 is 0 Å². The van der Waals surface area contributed by atoms with Crippen LogP contribution in [0.15, 0.2) is 60.0 Å². The molecule has 1 amide bonds. The third-order valence-electron chi connectivity index (χ3n) is 4.30. The van der Waals surface area contributed by atoms with E-state index < -0.39 is 15.9 Å². The number of carbonyl (C=O) groups is 1. The highest BCUT2D eigenvalue weighted by molar-refractivity contribution is 7.89. The predicted octanol–water partition coefficient (Wildman–Crippen LogP) is 3.73. The van der Waals surface area contributed by atoms with Crippen LogP contribution in [0, 0.1) is 13.8 Å². The van der Waals surface area contributed by atoms with Crippen molar-refractivity contribution in [1.29, 1.82) is 0 Å². The van der Waals surface area contributed by atoms with Crippen molar-refractivity contribution in [3.05, 3.63) is 65.7 Å². The van der Waals surface area contributed by atoms with Gasteiger partial charge in [-0.05, 0) is 25.3 Å². The largest absolute Gasteiger partial charge is 0.301 e. The number of nitrogens with zero attached hydrogens (tertiary/aromatic N) is 2. The Morgan fingerprint density at radius 2 is 1.93 bits per heavy atom. The maximum Gasteiger partial charge on any atom is 0.244 e. The topological polar surface area (TPSA) is 79.4 Å². The Kier molecular flexibility index (Phi) is 5.93. The summed E-state index contributed by atoms with van der Waals surface area (Å²) in [4.78, 5) is 17.9. The Labute approximate surface area is 168 Å². The molecule has 146 valence electrons. The van der Waals surface area contributed by atoms with Crippen molar-refractivity contribution >= 4 is 43.2 Å². The fourth-order valence-corrected chi connectivity index (χ4v) is 5.21. The van der Waals surface area contributed by atoms with Gasteiger partial charge in [-0.2, -0.15) is 4.31 Å². The highest BCUT2D eigenvalue weighted by Crippen LogP contribution is 2.26. The molecule has 0 unspecified atom stereocenters. The van der Waals surface area contributed by atoms with Crippen LogP contribution in [0.4, 0.5) is 5.13 Å². The van der Waals surface area contributed by atoms with Crippen LogP contribution in [-0.4, -0.2) is 36.7 Å². The average Bonchev–Trinajstić information content (AvgIpc) is 2.97. The van der Waals surface area contributed by atoms with Gasteiger partial charge in [-0.15, -0.1) is 17.9 Å². The van der Waals surface area contributed by atoms with Crippen LogP contribution in [-0.2, 0) is 14.8 Å². The Hall–Kier alpha value is -2.55. The van der Waals surface area contributed by atoms with Crippen molar-refractivity contribution in [2.45, 2.75) is 18.7 Å². The molecule has 0 aliphatic rings. The number of sulfonamides is 1. The summed E-state index contributed by atoms with van der Waals surface area (Å²) in [6.45, 7) is 7.10. The smallest absolute Gasteiger partial charge is 0.244 e. The second-order valence-electron chi connectivity index (χ2n) is 6.27.